The molecule has 0 unspecified atom stereocenters. The number of amides is 1. The van der Waals surface area contributed by atoms with Crippen molar-refractivity contribution in [3.63, 3.8) is 0 Å². The van der Waals surface area contributed by atoms with Crippen LogP contribution in [0.15, 0.2) is 47.5 Å². The van der Waals surface area contributed by atoms with Crippen LogP contribution in [-0.4, -0.2) is 26.1 Å². The molecule has 0 bridgehead atoms. The van der Waals surface area contributed by atoms with Crippen LogP contribution in [-0.2, 0) is 13.1 Å². The van der Waals surface area contributed by atoms with Crippen LogP contribution in [0.5, 0.6) is 11.5 Å². The van der Waals surface area contributed by atoms with Gasteiger partial charge in [-0.15, -0.1) is 0 Å². The van der Waals surface area contributed by atoms with Gasteiger partial charge in [-0.1, -0.05) is 18.2 Å². The number of carbonyl (C=O) groups is 1. The largest absolute Gasteiger partial charge is 0.493 e. The van der Waals surface area contributed by atoms with Crippen molar-refractivity contribution in [2.75, 3.05) is 14.2 Å². The number of hydrogen-bond acceptors (Lipinski definition) is 4. The first kappa shape index (κ1) is 18.1. The van der Waals surface area contributed by atoms with E-state index >= 15 is 0 Å². The molecular formula is C18H22N4O3. The first-order valence-corrected chi connectivity index (χ1v) is 7.67. The number of carbonyl (C=O) groups excluding carboxylic acids is 1. The Morgan fingerprint density at radius 1 is 1.00 bits per heavy atom. The van der Waals surface area contributed by atoms with Crippen molar-refractivity contribution < 1.29 is 14.3 Å². The smallest absolute Gasteiger partial charge is 0.248 e. The molecule has 0 saturated heterocycles. The molecule has 2 rings (SSSR count). The molecule has 0 aliphatic rings. The fourth-order valence-corrected chi connectivity index (χ4v) is 2.19. The van der Waals surface area contributed by atoms with Crippen molar-refractivity contribution in [1.82, 2.24) is 5.32 Å². The van der Waals surface area contributed by atoms with E-state index in [0.29, 0.717) is 36.1 Å². The minimum absolute atomic E-state index is 0.328. The summed E-state index contributed by atoms with van der Waals surface area (Å²) in [6.45, 7) is 0.917. The molecule has 132 valence electrons. The van der Waals surface area contributed by atoms with Gasteiger partial charge in [-0.25, -0.2) is 4.99 Å². The Kier molecular flexibility index (Phi) is 6.22. The Morgan fingerprint density at radius 2 is 1.64 bits per heavy atom. The van der Waals surface area contributed by atoms with E-state index in [0.717, 1.165) is 11.1 Å². The number of nitrogens with two attached hydrogens (primary N) is 2. The summed E-state index contributed by atoms with van der Waals surface area (Å²) in [6, 6.07) is 12.6. The first-order valence-electron chi connectivity index (χ1n) is 7.67. The first-order chi connectivity index (χ1) is 12.0. The molecule has 0 fully saturated rings. The lowest BCUT2D eigenvalue weighted by molar-refractivity contribution is 0.100. The third-order valence-electron chi connectivity index (χ3n) is 3.59. The monoisotopic (exact) mass is 342 g/mol. The third-order valence-corrected chi connectivity index (χ3v) is 3.59. The fourth-order valence-electron chi connectivity index (χ4n) is 2.19. The summed E-state index contributed by atoms with van der Waals surface area (Å²) < 4.78 is 10.5. The summed E-state index contributed by atoms with van der Waals surface area (Å²) in [5.74, 6) is 1.20. The van der Waals surface area contributed by atoms with Crippen molar-refractivity contribution in [2.24, 2.45) is 16.5 Å². The van der Waals surface area contributed by atoms with Gasteiger partial charge >= 0.3 is 0 Å². The predicted molar refractivity (Wildman–Crippen MR) is 96.7 cm³/mol. The van der Waals surface area contributed by atoms with Crippen LogP contribution >= 0.6 is 0 Å². The maximum absolute atomic E-state index is 11.0. The van der Waals surface area contributed by atoms with Gasteiger partial charge < -0.3 is 26.3 Å². The van der Waals surface area contributed by atoms with Crippen LogP contribution < -0.4 is 26.3 Å². The highest BCUT2D eigenvalue weighted by molar-refractivity contribution is 5.92. The summed E-state index contributed by atoms with van der Waals surface area (Å²) in [4.78, 5) is 15.3. The Morgan fingerprint density at radius 3 is 2.24 bits per heavy atom. The number of methoxy groups -OCH3 is 2. The van der Waals surface area contributed by atoms with E-state index in [9.17, 15) is 4.79 Å². The molecule has 5 N–H and O–H groups in total. The van der Waals surface area contributed by atoms with Gasteiger partial charge in [-0.05, 0) is 35.4 Å². The summed E-state index contributed by atoms with van der Waals surface area (Å²) >= 11 is 0. The van der Waals surface area contributed by atoms with Gasteiger partial charge in [0.05, 0.1) is 20.8 Å². The van der Waals surface area contributed by atoms with Crippen LogP contribution in [0.1, 0.15) is 21.5 Å². The van der Waals surface area contributed by atoms with Crippen molar-refractivity contribution in [3.05, 3.63) is 59.2 Å². The van der Waals surface area contributed by atoms with Crippen molar-refractivity contribution in [1.29, 1.82) is 0 Å². The van der Waals surface area contributed by atoms with Gasteiger partial charge in [-0.2, -0.15) is 0 Å². The SMILES string of the molecule is COc1ccc(CN=C(N)NCc2ccc(C(N)=O)cc2)cc1OC. The van der Waals surface area contributed by atoms with E-state index in [1.54, 1.807) is 26.4 Å². The minimum atomic E-state index is -0.449. The van der Waals surface area contributed by atoms with Crippen LogP contribution in [0.3, 0.4) is 0 Å². The van der Waals surface area contributed by atoms with Crippen LogP contribution in [0.25, 0.3) is 0 Å². The molecule has 1 amide bonds. The normalized spacial score (nSPS) is 11.0. The number of primary amides is 1. The predicted octanol–water partition coefficient (Wildman–Crippen LogP) is 1.41. The van der Waals surface area contributed by atoms with Gasteiger partial charge in [0.15, 0.2) is 17.5 Å². The second-order valence-electron chi connectivity index (χ2n) is 5.31. The summed E-state index contributed by atoms with van der Waals surface area (Å²) in [6.07, 6.45) is 0. The molecule has 0 radical (unpaired) electrons. The van der Waals surface area contributed by atoms with Gasteiger partial charge in [0.1, 0.15) is 0 Å². The zero-order valence-electron chi connectivity index (χ0n) is 14.3. The lowest BCUT2D eigenvalue weighted by Crippen LogP contribution is -2.31. The number of guanidine groups is 1. The fraction of sp³-hybridized carbons (Fsp3) is 0.222. The lowest BCUT2D eigenvalue weighted by Gasteiger charge is -2.09. The Labute approximate surface area is 146 Å². The molecule has 0 heterocycles. The summed E-state index contributed by atoms with van der Waals surface area (Å²) in [7, 11) is 3.18. The minimum Gasteiger partial charge on any atom is -0.493 e. The van der Waals surface area contributed by atoms with E-state index in [4.69, 9.17) is 20.9 Å². The lowest BCUT2D eigenvalue weighted by atomic mass is 10.1. The van der Waals surface area contributed by atoms with Gasteiger partial charge in [0, 0.05) is 12.1 Å². The average molecular weight is 342 g/mol. The molecule has 0 aromatic heterocycles. The van der Waals surface area contributed by atoms with Gasteiger partial charge in [0.25, 0.3) is 0 Å². The van der Waals surface area contributed by atoms with E-state index in [-0.39, 0.29) is 0 Å². The molecule has 7 heteroatoms. The number of benzene rings is 2. The maximum Gasteiger partial charge on any atom is 0.248 e. The van der Waals surface area contributed by atoms with E-state index in [1.165, 1.54) is 0 Å². The maximum atomic E-state index is 11.0. The zero-order valence-corrected chi connectivity index (χ0v) is 14.3. The van der Waals surface area contributed by atoms with E-state index < -0.39 is 5.91 Å². The second kappa shape index (κ2) is 8.58. The summed E-state index contributed by atoms with van der Waals surface area (Å²) in [5, 5.41) is 3.02. The Balaban J connectivity index is 1.92. The number of nitrogens with zero attached hydrogens (tertiary/aromatic N) is 1. The molecule has 25 heavy (non-hydrogen) atoms. The molecular weight excluding hydrogens is 320 g/mol. The van der Waals surface area contributed by atoms with E-state index in [1.807, 2.05) is 30.3 Å². The Hall–Kier alpha value is -3.22. The molecule has 0 saturated carbocycles. The topological polar surface area (TPSA) is 112 Å². The van der Waals surface area contributed by atoms with Crippen molar-refractivity contribution >= 4 is 11.9 Å². The molecule has 7 nitrogen and oxygen atoms in total. The highest BCUT2D eigenvalue weighted by atomic mass is 16.5. The molecule has 0 aliphatic carbocycles. The van der Waals surface area contributed by atoms with Gasteiger partial charge in [-0.3, -0.25) is 4.79 Å². The van der Waals surface area contributed by atoms with Crippen LogP contribution in [0, 0.1) is 0 Å². The zero-order chi connectivity index (χ0) is 18.2. The quantitative estimate of drug-likeness (QED) is 0.520. The van der Waals surface area contributed by atoms with E-state index in [2.05, 4.69) is 10.3 Å². The molecule has 0 atom stereocenters. The number of aliphatic imine (C=N–C) groups is 1. The van der Waals surface area contributed by atoms with Crippen molar-refractivity contribution in [2.45, 2.75) is 13.1 Å². The van der Waals surface area contributed by atoms with Crippen LogP contribution in [0.4, 0.5) is 0 Å². The highest BCUT2D eigenvalue weighted by Crippen LogP contribution is 2.27. The third kappa shape index (κ3) is 5.13. The number of rotatable bonds is 7. The van der Waals surface area contributed by atoms with Crippen LogP contribution in [0.2, 0.25) is 0 Å². The molecule has 0 spiro atoms. The molecule has 2 aromatic rings. The Bertz CT molecular complexity index is 757. The number of hydrogen-bond donors (Lipinski definition) is 3. The van der Waals surface area contributed by atoms with Crippen molar-refractivity contribution in [3.8, 4) is 11.5 Å². The second-order valence-corrected chi connectivity index (χ2v) is 5.31. The highest BCUT2D eigenvalue weighted by Gasteiger charge is 2.04. The standard InChI is InChI=1S/C18H22N4O3/c1-24-15-8-5-13(9-16(15)25-2)11-22-18(20)21-10-12-3-6-14(7-4-12)17(19)23/h3-9H,10-11H2,1-2H3,(H2,19,23)(H3,20,21,22). The number of ether oxygens (including phenoxy) is 2. The number of nitrogens with one attached hydrogen (secondary N) is 1. The molecule has 2 aromatic carbocycles. The van der Waals surface area contributed by atoms with Gasteiger partial charge in [0.2, 0.25) is 5.91 Å². The summed E-state index contributed by atoms with van der Waals surface area (Å²) in [5.41, 5.74) is 13.5. The molecule has 0 aliphatic heterocycles. The average Bonchev–Trinajstić information content (AvgIpc) is 2.64.